The number of hydrogen-bond donors (Lipinski definition) is 2. The lowest BCUT2D eigenvalue weighted by Crippen LogP contribution is -2.40. The number of aliphatic carboxylic acids is 1. The molecular weight excluding hydrogens is 298 g/mol. The fourth-order valence-electron chi connectivity index (χ4n) is 2.26. The number of benzene rings is 1. The van der Waals surface area contributed by atoms with Crippen LogP contribution in [0.25, 0.3) is 0 Å². The number of rotatable bonds is 10. The van der Waals surface area contributed by atoms with E-state index in [0.29, 0.717) is 24.3 Å². The fraction of sp³-hybridized carbons (Fsp3) is 0.529. The van der Waals surface area contributed by atoms with Crippen LogP contribution in [0.15, 0.2) is 18.2 Å². The number of carboxylic acid groups (broad SMARTS) is 1. The quantitative estimate of drug-likeness (QED) is 0.690. The van der Waals surface area contributed by atoms with E-state index in [0.717, 1.165) is 18.4 Å². The van der Waals surface area contributed by atoms with E-state index < -0.39 is 12.0 Å². The van der Waals surface area contributed by atoms with Crippen molar-refractivity contribution >= 4 is 11.9 Å². The van der Waals surface area contributed by atoms with Crippen LogP contribution in [0, 0.1) is 0 Å². The van der Waals surface area contributed by atoms with Gasteiger partial charge in [-0.05, 0) is 36.6 Å². The average Bonchev–Trinajstić information content (AvgIpc) is 2.56. The second kappa shape index (κ2) is 9.71. The highest BCUT2D eigenvalue weighted by Gasteiger charge is 2.19. The van der Waals surface area contributed by atoms with Crippen LogP contribution in [0.2, 0.25) is 0 Å². The van der Waals surface area contributed by atoms with Gasteiger partial charge < -0.3 is 19.9 Å². The van der Waals surface area contributed by atoms with Crippen LogP contribution in [-0.4, -0.2) is 37.2 Å². The minimum absolute atomic E-state index is 0.194. The maximum absolute atomic E-state index is 12.0. The van der Waals surface area contributed by atoms with Crippen LogP contribution in [0.1, 0.15) is 38.2 Å². The van der Waals surface area contributed by atoms with Crippen molar-refractivity contribution in [2.24, 2.45) is 0 Å². The van der Waals surface area contributed by atoms with Gasteiger partial charge in [-0.3, -0.25) is 4.79 Å². The Labute approximate surface area is 136 Å². The van der Waals surface area contributed by atoms with Crippen LogP contribution >= 0.6 is 0 Å². The average molecular weight is 323 g/mol. The summed E-state index contributed by atoms with van der Waals surface area (Å²) in [7, 11) is 3.14. The summed E-state index contributed by atoms with van der Waals surface area (Å²) in [6.45, 7) is 1.98. The molecule has 2 N–H and O–H groups in total. The molecule has 23 heavy (non-hydrogen) atoms. The highest BCUT2D eigenvalue weighted by atomic mass is 16.5. The molecule has 1 aromatic rings. The monoisotopic (exact) mass is 323 g/mol. The molecule has 0 bridgehead atoms. The molecule has 6 heteroatoms. The molecule has 0 unspecified atom stereocenters. The number of carboxylic acids is 1. The molecule has 0 heterocycles. The molecule has 1 amide bonds. The maximum Gasteiger partial charge on any atom is 0.326 e. The molecular formula is C17H25NO5. The molecule has 0 aliphatic carbocycles. The van der Waals surface area contributed by atoms with E-state index in [1.54, 1.807) is 26.4 Å². The highest BCUT2D eigenvalue weighted by molar-refractivity contribution is 5.83. The van der Waals surface area contributed by atoms with E-state index in [2.05, 4.69) is 5.32 Å². The molecule has 0 aromatic heterocycles. The molecule has 6 nitrogen and oxygen atoms in total. The summed E-state index contributed by atoms with van der Waals surface area (Å²) >= 11 is 0. The van der Waals surface area contributed by atoms with Crippen molar-refractivity contribution in [1.29, 1.82) is 0 Å². The van der Waals surface area contributed by atoms with Gasteiger partial charge in [0.15, 0.2) is 0 Å². The minimum atomic E-state index is -0.995. The number of aryl methyl sites for hydroxylation is 1. The Hall–Kier alpha value is -2.24. The summed E-state index contributed by atoms with van der Waals surface area (Å²) in [6, 6.07) is 4.56. The molecule has 1 atom stereocenters. The van der Waals surface area contributed by atoms with Crippen molar-refractivity contribution in [2.45, 2.75) is 45.1 Å². The van der Waals surface area contributed by atoms with Crippen LogP contribution < -0.4 is 14.8 Å². The standard InChI is InChI=1S/C17H25NO5/c1-4-5-6-14(17(20)21)18-16(19)10-7-12-11-13(22-2)8-9-15(12)23-3/h8-9,11,14H,4-7,10H2,1-3H3,(H,18,19)(H,20,21)/t14-/m0/s1. The summed E-state index contributed by atoms with van der Waals surface area (Å²) in [5.74, 6) is 0.0936. The molecule has 1 rings (SSSR count). The minimum Gasteiger partial charge on any atom is -0.497 e. The molecule has 128 valence electrons. The van der Waals surface area contributed by atoms with E-state index in [1.807, 2.05) is 13.0 Å². The van der Waals surface area contributed by atoms with Gasteiger partial charge in [-0.2, -0.15) is 0 Å². The van der Waals surface area contributed by atoms with Gasteiger partial charge in [-0.15, -0.1) is 0 Å². The SMILES string of the molecule is CCCC[C@H](NC(=O)CCc1cc(OC)ccc1OC)C(=O)O. The summed E-state index contributed by atoms with van der Waals surface area (Å²) < 4.78 is 10.4. The molecule has 0 saturated heterocycles. The highest BCUT2D eigenvalue weighted by Crippen LogP contribution is 2.25. The Morgan fingerprint density at radius 3 is 2.57 bits per heavy atom. The summed E-state index contributed by atoms with van der Waals surface area (Å²) in [5, 5.41) is 11.7. The molecule has 0 fully saturated rings. The zero-order chi connectivity index (χ0) is 17.2. The maximum atomic E-state index is 12.0. The molecule has 0 aliphatic heterocycles. The Morgan fingerprint density at radius 1 is 1.26 bits per heavy atom. The topological polar surface area (TPSA) is 84.9 Å². The normalized spacial score (nSPS) is 11.6. The van der Waals surface area contributed by atoms with E-state index in [9.17, 15) is 9.59 Å². The first kappa shape index (κ1) is 18.8. The predicted molar refractivity (Wildman–Crippen MR) is 87.0 cm³/mol. The van der Waals surface area contributed by atoms with Gasteiger partial charge in [0.25, 0.3) is 0 Å². The zero-order valence-corrected chi connectivity index (χ0v) is 13.9. The van der Waals surface area contributed by atoms with Gasteiger partial charge in [-0.1, -0.05) is 19.8 Å². The number of methoxy groups -OCH3 is 2. The van der Waals surface area contributed by atoms with Crippen molar-refractivity contribution in [3.63, 3.8) is 0 Å². The van der Waals surface area contributed by atoms with Crippen LogP contribution in [-0.2, 0) is 16.0 Å². The first-order valence-electron chi connectivity index (χ1n) is 7.74. The lowest BCUT2D eigenvalue weighted by molar-refractivity contribution is -0.142. The Morgan fingerprint density at radius 2 is 2.00 bits per heavy atom. The van der Waals surface area contributed by atoms with E-state index in [4.69, 9.17) is 14.6 Å². The second-order valence-corrected chi connectivity index (χ2v) is 5.28. The largest absolute Gasteiger partial charge is 0.497 e. The predicted octanol–water partition coefficient (Wildman–Crippen LogP) is 2.40. The third kappa shape index (κ3) is 6.18. The number of amides is 1. The van der Waals surface area contributed by atoms with Gasteiger partial charge in [0.1, 0.15) is 17.5 Å². The summed E-state index contributed by atoms with van der Waals surface area (Å²) in [5.41, 5.74) is 0.849. The Kier molecular flexibility index (Phi) is 7.94. The van der Waals surface area contributed by atoms with Gasteiger partial charge in [-0.25, -0.2) is 4.79 Å². The Balaban J connectivity index is 2.62. The van der Waals surface area contributed by atoms with E-state index in [-0.39, 0.29) is 12.3 Å². The third-order valence-electron chi connectivity index (χ3n) is 3.59. The lowest BCUT2D eigenvalue weighted by Gasteiger charge is -2.15. The zero-order valence-electron chi connectivity index (χ0n) is 13.9. The van der Waals surface area contributed by atoms with Gasteiger partial charge in [0.2, 0.25) is 5.91 Å². The number of unbranched alkanes of at least 4 members (excludes halogenated alkanes) is 1. The van der Waals surface area contributed by atoms with Crippen molar-refractivity contribution in [1.82, 2.24) is 5.32 Å². The lowest BCUT2D eigenvalue weighted by atomic mass is 10.1. The number of carbonyl (C=O) groups excluding carboxylic acids is 1. The van der Waals surface area contributed by atoms with Gasteiger partial charge in [0.05, 0.1) is 14.2 Å². The van der Waals surface area contributed by atoms with Crippen molar-refractivity contribution < 1.29 is 24.2 Å². The van der Waals surface area contributed by atoms with Crippen LogP contribution in [0.3, 0.4) is 0 Å². The van der Waals surface area contributed by atoms with Crippen LogP contribution in [0.4, 0.5) is 0 Å². The number of hydrogen-bond acceptors (Lipinski definition) is 4. The molecule has 0 spiro atoms. The smallest absolute Gasteiger partial charge is 0.326 e. The number of carbonyl (C=O) groups is 2. The van der Waals surface area contributed by atoms with E-state index in [1.165, 1.54) is 0 Å². The molecule has 0 aliphatic rings. The van der Waals surface area contributed by atoms with E-state index >= 15 is 0 Å². The van der Waals surface area contributed by atoms with Gasteiger partial charge in [0, 0.05) is 6.42 Å². The van der Waals surface area contributed by atoms with Crippen LogP contribution in [0.5, 0.6) is 11.5 Å². The summed E-state index contributed by atoms with van der Waals surface area (Å²) in [4.78, 5) is 23.1. The molecule has 1 aromatic carbocycles. The number of ether oxygens (including phenoxy) is 2. The third-order valence-corrected chi connectivity index (χ3v) is 3.59. The molecule has 0 saturated carbocycles. The first-order chi connectivity index (χ1) is 11.0. The fourth-order valence-corrected chi connectivity index (χ4v) is 2.26. The second-order valence-electron chi connectivity index (χ2n) is 5.28. The van der Waals surface area contributed by atoms with Crippen molar-refractivity contribution in [3.05, 3.63) is 23.8 Å². The molecule has 0 radical (unpaired) electrons. The van der Waals surface area contributed by atoms with Crippen molar-refractivity contribution in [2.75, 3.05) is 14.2 Å². The Bertz CT molecular complexity index is 530. The van der Waals surface area contributed by atoms with Gasteiger partial charge >= 0.3 is 5.97 Å². The summed E-state index contributed by atoms with van der Waals surface area (Å²) in [6.07, 6.45) is 2.74. The number of nitrogens with one attached hydrogen (secondary N) is 1. The van der Waals surface area contributed by atoms with Crippen molar-refractivity contribution in [3.8, 4) is 11.5 Å². The first-order valence-corrected chi connectivity index (χ1v) is 7.74.